The Bertz CT molecular complexity index is 1760. The standard InChI is InChI=1S/C37H34F4N2O3/c1-3-43(4-2)13-14-46-31-10-9-25-19-27(8-7-26(25)22-31)37(45)42-30-20-28(15-23-5-11-32(38)34(40)17-23)36(44)29(21-30)16-24-6-12-33(39)35(41)18-24/h5-12,15-19,22,30H,3-4,13-14,20-21H2,1-2H3,(H,42,45)/b28-15+,29-16+. The zero-order valence-corrected chi connectivity index (χ0v) is 25.6. The molecule has 4 aromatic carbocycles. The van der Waals surface area contributed by atoms with Crippen LogP contribution in [0, 0.1) is 23.3 Å². The molecule has 5 nitrogen and oxygen atoms in total. The van der Waals surface area contributed by atoms with E-state index in [1.54, 1.807) is 12.1 Å². The summed E-state index contributed by atoms with van der Waals surface area (Å²) in [7, 11) is 0. The van der Waals surface area contributed by atoms with Crippen LogP contribution in [0.25, 0.3) is 22.9 Å². The Hall–Kier alpha value is -4.76. The van der Waals surface area contributed by atoms with E-state index in [0.29, 0.717) is 12.2 Å². The lowest BCUT2D eigenvalue weighted by Crippen LogP contribution is -2.39. The summed E-state index contributed by atoms with van der Waals surface area (Å²) in [4.78, 5) is 29.1. The molecule has 0 radical (unpaired) electrons. The monoisotopic (exact) mass is 630 g/mol. The number of nitrogens with one attached hydrogen (secondary N) is 1. The zero-order chi connectivity index (χ0) is 32.8. The molecule has 1 amide bonds. The molecule has 0 aromatic heterocycles. The van der Waals surface area contributed by atoms with Crippen LogP contribution in [0.1, 0.15) is 48.2 Å². The van der Waals surface area contributed by atoms with Gasteiger partial charge in [0, 0.05) is 29.3 Å². The minimum Gasteiger partial charge on any atom is -0.492 e. The van der Waals surface area contributed by atoms with E-state index in [4.69, 9.17) is 4.74 Å². The number of carbonyl (C=O) groups excluding carboxylic acids is 2. The second-order valence-corrected chi connectivity index (χ2v) is 11.2. The average Bonchev–Trinajstić information content (AvgIpc) is 3.04. The van der Waals surface area contributed by atoms with Crippen LogP contribution in [0.5, 0.6) is 5.75 Å². The van der Waals surface area contributed by atoms with Crippen molar-refractivity contribution in [3.05, 3.63) is 124 Å². The van der Waals surface area contributed by atoms with Crippen molar-refractivity contribution < 1.29 is 31.9 Å². The van der Waals surface area contributed by atoms with Gasteiger partial charge in [0.2, 0.25) is 0 Å². The summed E-state index contributed by atoms with van der Waals surface area (Å²) in [6, 6.07) is 17.0. The van der Waals surface area contributed by atoms with E-state index >= 15 is 0 Å². The highest BCUT2D eigenvalue weighted by molar-refractivity contribution is 6.14. The summed E-state index contributed by atoms with van der Waals surface area (Å²) in [5.41, 5.74) is 1.46. The molecule has 46 heavy (non-hydrogen) atoms. The molecular weight excluding hydrogens is 596 g/mol. The van der Waals surface area contributed by atoms with Crippen LogP contribution in [-0.4, -0.2) is 48.9 Å². The van der Waals surface area contributed by atoms with Gasteiger partial charge in [-0.3, -0.25) is 9.59 Å². The molecule has 4 aromatic rings. The molecule has 1 saturated carbocycles. The van der Waals surface area contributed by atoms with Crippen molar-refractivity contribution >= 4 is 34.6 Å². The average molecular weight is 631 g/mol. The third kappa shape index (κ3) is 7.90. The van der Waals surface area contributed by atoms with Crippen molar-refractivity contribution in [2.24, 2.45) is 0 Å². The number of likely N-dealkylation sites (N-methyl/N-ethyl adjacent to an activating group) is 1. The highest BCUT2D eigenvalue weighted by Gasteiger charge is 2.29. The molecular formula is C37H34F4N2O3. The second-order valence-electron chi connectivity index (χ2n) is 11.2. The maximum Gasteiger partial charge on any atom is 0.251 e. The molecule has 0 aliphatic heterocycles. The maximum absolute atomic E-state index is 13.9. The summed E-state index contributed by atoms with van der Waals surface area (Å²) in [5.74, 6) is -4.17. The number of hydrogen-bond donors (Lipinski definition) is 1. The number of Topliss-reactive ketones (excluding diaryl/α,β-unsaturated/α-hetero) is 1. The van der Waals surface area contributed by atoms with Crippen molar-refractivity contribution in [2.45, 2.75) is 32.7 Å². The molecule has 9 heteroatoms. The van der Waals surface area contributed by atoms with Gasteiger partial charge in [-0.1, -0.05) is 38.1 Å². The van der Waals surface area contributed by atoms with Crippen molar-refractivity contribution in [1.29, 1.82) is 0 Å². The molecule has 1 aliphatic rings. The van der Waals surface area contributed by atoms with Gasteiger partial charge in [0.1, 0.15) is 12.4 Å². The number of carbonyl (C=O) groups is 2. The number of ether oxygens (including phenoxy) is 1. The Balaban J connectivity index is 1.36. The summed E-state index contributed by atoms with van der Waals surface area (Å²) in [6.07, 6.45) is 3.14. The van der Waals surface area contributed by atoms with Gasteiger partial charge in [0.05, 0.1) is 0 Å². The van der Waals surface area contributed by atoms with Gasteiger partial charge in [-0.05, 0) is 109 Å². The smallest absolute Gasteiger partial charge is 0.251 e. The van der Waals surface area contributed by atoms with Crippen molar-refractivity contribution in [3.8, 4) is 5.75 Å². The van der Waals surface area contributed by atoms with E-state index in [1.807, 2.05) is 24.3 Å². The van der Waals surface area contributed by atoms with Gasteiger partial charge in [-0.25, -0.2) is 17.6 Å². The maximum atomic E-state index is 13.9. The van der Waals surface area contributed by atoms with Gasteiger partial charge in [-0.2, -0.15) is 0 Å². The van der Waals surface area contributed by atoms with E-state index in [0.717, 1.165) is 60.4 Å². The number of benzene rings is 4. The molecule has 0 bridgehead atoms. The first-order valence-electron chi connectivity index (χ1n) is 15.2. The lowest BCUT2D eigenvalue weighted by Gasteiger charge is -2.27. The summed E-state index contributed by atoms with van der Waals surface area (Å²) < 4.78 is 60.8. The Labute approximate surface area is 265 Å². The Morgan fingerprint density at radius 3 is 1.91 bits per heavy atom. The van der Waals surface area contributed by atoms with Gasteiger partial charge in [-0.15, -0.1) is 0 Å². The normalized spacial score (nSPS) is 16.8. The number of halogens is 4. The summed E-state index contributed by atoms with van der Waals surface area (Å²) in [5, 5.41) is 4.74. The van der Waals surface area contributed by atoms with Crippen molar-refractivity contribution in [3.63, 3.8) is 0 Å². The molecule has 0 unspecified atom stereocenters. The second kappa shape index (κ2) is 14.6. The molecule has 0 saturated heterocycles. The van der Waals surface area contributed by atoms with Crippen molar-refractivity contribution in [1.82, 2.24) is 10.2 Å². The van der Waals surface area contributed by atoms with Crippen LogP contribution in [0.4, 0.5) is 17.6 Å². The SMILES string of the molecule is CCN(CC)CCOc1ccc2cc(C(=O)NC3C/C(=C\c4ccc(F)c(F)c4)C(=O)/C(=C/c4ccc(F)c(F)c4)C3)ccc2c1. The van der Waals surface area contributed by atoms with Crippen LogP contribution >= 0.6 is 0 Å². The molecule has 1 fully saturated rings. The summed E-state index contributed by atoms with van der Waals surface area (Å²) >= 11 is 0. The fraction of sp³-hybridized carbons (Fsp3) is 0.243. The van der Waals surface area contributed by atoms with Crippen LogP contribution in [-0.2, 0) is 4.79 Å². The van der Waals surface area contributed by atoms with Gasteiger partial charge in [0.25, 0.3) is 5.91 Å². The minimum atomic E-state index is -1.06. The number of rotatable bonds is 10. The third-order valence-electron chi connectivity index (χ3n) is 8.06. The van der Waals surface area contributed by atoms with Crippen LogP contribution in [0.3, 0.4) is 0 Å². The molecule has 0 spiro atoms. The van der Waals surface area contributed by atoms with Crippen LogP contribution < -0.4 is 10.1 Å². The topological polar surface area (TPSA) is 58.6 Å². The van der Waals surface area contributed by atoms with Crippen LogP contribution in [0.2, 0.25) is 0 Å². The number of ketones is 1. The molecule has 238 valence electrons. The Morgan fingerprint density at radius 1 is 0.783 bits per heavy atom. The largest absolute Gasteiger partial charge is 0.492 e. The van der Waals surface area contributed by atoms with Gasteiger partial charge < -0.3 is 15.0 Å². The fourth-order valence-corrected chi connectivity index (χ4v) is 5.51. The van der Waals surface area contributed by atoms with E-state index in [2.05, 4.69) is 24.1 Å². The zero-order valence-electron chi connectivity index (χ0n) is 25.6. The fourth-order valence-electron chi connectivity index (χ4n) is 5.51. The molecule has 1 aliphatic carbocycles. The van der Waals surface area contributed by atoms with Crippen LogP contribution in [0.15, 0.2) is 83.9 Å². The van der Waals surface area contributed by atoms with E-state index in [9.17, 15) is 27.2 Å². The van der Waals surface area contributed by atoms with Gasteiger partial charge in [0.15, 0.2) is 29.1 Å². The highest BCUT2D eigenvalue weighted by Crippen LogP contribution is 2.30. The molecule has 5 rings (SSSR count). The van der Waals surface area contributed by atoms with Crippen molar-refractivity contribution in [2.75, 3.05) is 26.2 Å². The number of nitrogens with zero attached hydrogens (tertiary/aromatic N) is 1. The quantitative estimate of drug-likeness (QED) is 0.144. The Morgan fingerprint density at radius 2 is 1.35 bits per heavy atom. The lowest BCUT2D eigenvalue weighted by molar-refractivity contribution is -0.113. The third-order valence-corrected chi connectivity index (χ3v) is 8.06. The first-order chi connectivity index (χ1) is 22.1. The van der Waals surface area contributed by atoms with E-state index in [1.165, 1.54) is 24.3 Å². The minimum absolute atomic E-state index is 0.125. The number of hydrogen-bond acceptors (Lipinski definition) is 4. The highest BCUT2D eigenvalue weighted by atomic mass is 19.2. The Kier molecular flexibility index (Phi) is 10.3. The predicted octanol–water partition coefficient (Wildman–Crippen LogP) is 7.75. The first-order valence-corrected chi connectivity index (χ1v) is 15.2. The molecule has 0 heterocycles. The first kappa shape index (κ1) is 32.6. The number of fused-ring (bicyclic) bond motifs is 1. The predicted molar refractivity (Wildman–Crippen MR) is 171 cm³/mol. The van der Waals surface area contributed by atoms with E-state index in [-0.39, 0.29) is 46.8 Å². The molecule has 0 atom stereocenters. The van der Waals surface area contributed by atoms with E-state index < -0.39 is 29.3 Å². The number of amides is 1. The lowest BCUT2D eigenvalue weighted by atomic mass is 9.83. The summed E-state index contributed by atoms with van der Waals surface area (Å²) in [6.45, 7) is 7.52. The molecule has 1 N–H and O–H groups in total. The van der Waals surface area contributed by atoms with Gasteiger partial charge >= 0.3 is 0 Å².